The van der Waals surface area contributed by atoms with Crippen LogP contribution in [0.5, 0.6) is 5.75 Å². The van der Waals surface area contributed by atoms with E-state index in [4.69, 9.17) is 4.74 Å². The Hall–Kier alpha value is -2.27. The number of allylic oxidation sites excluding steroid dienone is 3. The lowest BCUT2D eigenvalue weighted by Gasteiger charge is -2.67. The topological polar surface area (TPSA) is 87.0 Å². The summed E-state index contributed by atoms with van der Waals surface area (Å²) in [4.78, 5) is 12.9. The molecule has 0 heterocycles. The van der Waals surface area contributed by atoms with Crippen LogP contribution in [0.2, 0.25) is 0 Å². The molecule has 0 amide bonds. The third-order valence-electron chi connectivity index (χ3n) is 13.6. The highest BCUT2D eigenvalue weighted by atomic mass is 16.5. The lowest BCUT2D eigenvalue weighted by atomic mass is 9.38. The van der Waals surface area contributed by atoms with E-state index in [1.165, 1.54) is 5.57 Å². The number of aromatic hydroxyl groups is 1. The summed E-state index contributed by atoms with van der Waals surface area (Å²) in [6.07, 6.45) is 13.0. The van der Waals surface area contributed by atoms with Crippen LogP contribution >= 0.6 is 0 Å². The molecule has 5 heteroatoms. The maximum Gasteiger partial charge on any atom is 0.310 e. The van der Waals surface area contributed by atoms with Crippen molar-refractivity contribution < 1.29 is 24.9 Å². The van der Waals surface area contributed by atoms with Crippen LogP contribution in [0.15, 0.2) is 42.0 Å². The molecule has 6 rings (SSSR count). The number of fused-ring (bicyclic) bond motifs is 7. The molecule has 5 aliphatic carbocycles. The van der Waals surface area contributed by atoms with Crippen molar-refractivity contribution in [2.45, 2.75) is 117 Å². The number of aliphatic hydroxyl groups is 1. The molecule has 4 fully saturated rings. The van der Waals surface area contributed by atoms with Gasteiger partial charge in [-0.3, -0.25) is 4.79 Å². The molecule has 0 spiro atoms. The molecule has 9 atom stereocenters. The Balaban J connectivity index is 1.36. The van der Waals surface area contributed by atoms with Gasteiger partial charge in [-0.1, -0.05) is 51.5 Å². The molecule has 1 aromatic rings. The van der Waals surface area contributed by atoms with Gasteiger partial charge in [-0.25, -0.2) is 0 Å². The molecule has 230 valence electrons. The molecule has 4 saturated carbocycles. The van der Waals surface area contributed by atoms with Gasteiger partial charge in [-0.2, -0.15) is 0 Å². The van der Waals surface area contributed by atoms with Gasteiger partial charge in [0.25, 0.3) is 0 Å². The summed E-state index contributed by atoms with van der Waals surface area (Å²) in [6.45, 7) is 13.6. The minimum absolute atomic E-state index is 0.0201. The van der Waals surface area contributed by atoms with Gasteiger partial charge in [0.1, 0.15) is 17.1 Å². The van der Waals surface area contributed by atoms with E-state index < -0.39 is 23.1 Å². The van der Waals surface area contributed by atoms with Gasteiger partial charge < -0.3 is 20.1 Å². The second-order valence-corrected chi connectivity index (χ2v) is 16.1. The summed E-state index contributed by atoms with van der Waals surface area (Å²) in [5.41, 5.74) is 0.994. The summed E-state index contributed by atoms with van der Waals surface area (Å²) < 4.78 is 6.86. The zero-order valence-electron chi connectivity index (χ0n) is 26.6. The Bertz CT molecular complexity index is 1310. The number of benzene rings is 1. The van der Waals surface area contributed by atoms with Crippen LogP contribution in [0.1, 0.15) is 111 Å². The van der Waals surface area contributed by atoms with Gasteiger partial charge in [-0.15, -0.1) is 0 Å². The van der Waals surface area contributed by atoms with Crippen molar-refractivity contribution in [1.29, 1.82) is 0 Å². The molecule has 0 radical (unpaired) electrons. The maximum absolute atomic E-state index is 12.9. The first-order chi connectivity index (χ1) is 19.7. The molecular weight excluding hydrogens is 524 g/mol. The van der Waals surface area contributed by atoms with Crippen molar-refractivity contribution in [1.82, 2.24) is 0 Å². The summed E-state index contributed by atoms with van der Waals surface area (Å²) >= 11 is 0. The van der Waals surface area contributed by atoms with E-state index in [-0.39, 0.29) is 33.8 Å². The first-order valence-corrected chi connectivity index (χ1v) is 16.5. The highest BCUT2D eigenvalue weighted by Gasteiger charge is 2.67. The van der Waals surface area contributed by atoms with Crippen molar-refractivity contribution in [2.75, 3.05) is 0 Å². The minimum Gasteiger partial charge on any atom is -0.507 e. The van der Waals surface area contributed by atoms with Gasteiger partial charge in [0.2, 0.25) is 0 Å². The van der Waals surface area contributed by atoms with E-state index in [1.807, 2.05) is 31.2 Å². The van der Waals surface area contributed by atoms with Crippen LogP contribution in [-0.4, -0.2) is 33.0 Å². The average Bonchev–Trinajstić information content (AvgIpc) is 2.94. The molecule has 4 unspecified atom stereocenters. The van der Waals surface area contributed by atoms with Crippen LogP contribution < -0.4 is 0 Å². The van der Waals surface area contributed by atoms with Crippen LogP contribution in [-0.2, 0) is 9.53 Å². The molecular formula is C37H52O5. The predicted molar refractivity (Wildman–Crippen MR) is 166 cm³/mol. The van der Waals surface area contributed by atoms with Crippen molar-refractivity contribution in [3.05, 3.63) is 47.6 Å². The number of phenolic OH excluding ortho intramolecular Hbond substituents is 1. The highest BCUT2D eigenvalue weighted by molar-refractivity contribution is 5.76. The number of carboxylic acids is 1. The normalized spacial score (nSPS) is 44.5. The Labute approximate surface area is 252 Å². The smallest absolute Gasteiger partial charge is 0.310 e. The van der Waals surface area contributed by atoms with Gasteiger partial charge in [0.05, 0.1) is 17.1 Å². The van der Waals surface area contributed by atoms with Crippen LogP contribution in [0, 0.1) is 45.3 Å². The van der Waals surface area contributed by atoms with Gasteiger partial charge in [0, 0.05) is 5.92 Å². The fourth-order valence-electron chi connectivity index (χ4n) is 11.2. The quantitative estimate of drug-likeness (QED) is 0.248. The summed E-state index contributed by atoms with van der Waals surface area (Å²) in [5.74, 6) is 1.40. The lowest BCUT2D eigenvalue weighted by molar-refractivity contribution is -0.221. The monoisotopic (exact) mass is 576 g/mol. The van der Waals surface area contributed by atoms with Crippen molar-refractivity contribution in [3.8, 4) is 5.75 Å². The number of carbonyl (C=O) groups is 1. The zero-order chi connectivity index (χ0) is 30.3. The molecule has 0 aromatic heterocycles. The number of ether oxygens (including phenoxy) is 1. The molecule has 0 aliphatic heterocycles. The van der Waals surface area contributed by atoms with Crippen molar-refractivity contribution in [2.24, 2.45) is 45.3 Å². The largest absolute Gasteiger partial charge is 0.507 e. The van der Waals surface area contributed by atoms with E-state index in [0.717, 1.165) is 57.8 Å². The third kappa shape index (κ3) is 4.15. The van der Waals surface area contributed by atoms with Gasteiger partial charge >= 0.3 is 5.97 Å². The van der Waals surface area contributed by atoms with Crippen LogP contribution in [0.25, 0.3) is 5.76 Å². The Kier molecular flexibility index (Phi) is 7.00. The number of hydrogen-bond donors (Lipinski definition) is 3. The van der Waals surface area contributed by atoms with Crippen LogP contribution in [0.3, 0.4) is 0 Å². The zero-order valence-corrected chi connectivity index (χ0v) is 26.6. The molecule has 0 bridgehead atoms. The average molecular weight is 577 g/mol. The second kappa shape index (κ2) is 9.87. The van der Waals surface area contributed by atoms with Crippen LogP contribution in [0.4, 0.5) is 0 Å². The SMILES string of the molecule is C/C=C(\OC1(C)C2CC[C@@]3(C)C4CC[C@@]5(C(=O)O)CCC(C)(C)C[C@H]5C4=CCC3[C@@]2(C)CC[C@@H]1O)c1ccccc1O. The number of phenols is 1. The minimum atomic E-state index is -0.777. The van der Waals surface area contributed by atoms with E-state index in [2.05, 4.69) is 40.7 Å². The Morgan fingerprint density at radius 3 is 2.31 bits per heavy atom. The van der Waals surface area contributed by atoms with E-state index in [9.17, 15) is 20.1 Å². The molecule has 5 aliphatic rings. The lowest BCUT2D eigenvalue weighted by Crippen LogP contribution is -2.65. The highest BCUT2D eigenvalue weighted by Crippen LogP contribution is 2.71. The number of aliphatic hydroxyl groups excluding tert-OH is 1. The van der Waals surface area contributed by atoms with Crippen molar-refractivity contribution >= 4 is 11.7 Å². The first kappa shape index (κ1) is 29.8. The predicted octanol–water partition coefficient (Wildman–Crippen LogP) is 8.36. The van der Waals surface area contributed by atoms with Crippen molar-refractivity contribution in [3.63, 3.8) is 0 Å². The first-order valence-electron chi connectivity index (χ1n) is 16.5. The Morgan fingerprint density at radius 1 is 0.905 bits per heavy atom. The fourth-order valence-corrected chi connectivity index (χ4v) is 11.2. The standard InChI is InChI=1S/C37H52O5/c1-7-28(24-10-8-9-11-27(24)38)42-36(6)30-15-17-34(4)25-14-19-37(32(40)41)21-20-33(2,3)22-26(37)23(25)12-13-29(34)35(30,5)18-16-31(36)39/h7-12,25-26,29-31,38-39H,13-22H2,1-6H3,(H,40,41)/b28-7-/t25?,26-,29?,30?,31-,34-,35+,36?,37+/m0/s1. The fraction of sp³-hybridized carbons (Fsp3) is 0.703. The number of carboxylic acid groups (broad SMARTS) is 1. The van der Waals surface area contributed by atoms with Gasteiger partial charge in [-0.05, 0) is 130 Å². The molecule has 0 saturated heterocycles. The van der Waals surface area contributed by atoms with Gasteiger partial charge in [0.15, 0.2) is 0 Å². The molecule has 3 N–H and O–H groups in total. The second-order valence-electron chi connectivity index (χ2n) is 16.1. The third-order valence-corrected chi connectivity index (χ3v) is 13.6. The summed E-state index contributed by atoms with van der Waals surface area (Å²) in [7, 11) is 0. The number of para-hydroxylation sites is 1. The summed E-state index contributed by atoms with van der Waals surface area (Å²) in [6, 6.07) is 7.27. The molecule has 1 aromatic carbocycles. The summed E-state index contributed by atoms with van der Waals surface area (Å²) in [5, 5.41) is 32.7. The van der Waals surface area contributed by atoms with E-state index >= 15 is 0 Å². The molecule has 42 heavy (non-hydrogen) atoms. The van der Waals surface area contributed by atoms with E-state index in [1.54, 1.807) is 6.07 Å². The Morgan fingerprint density at radius 2 is 1.62 bits per heavy atom. The number of aliphatic carboxylic acids is 1. The number of rotatable bonds is 4. The number of hydrogen-bond acceptors (Lipinski definition) is 4. The van der Waals surface area contributed by atoms with E-state index in [0.29, 0.717) is 29.6 Å². The maximum atomic E-state index is 12.9. The molecule has 5 nitrogen and oxygen atoms in total.